The van der Waals surface area contributed by atoms with Gasteiger partial charge in [-0.25, -0.2) is 4.79 Å². The van der Waals surface area contributed by atoms with E-state index in [9.17, 15) is 14.4 Å². The molecular formula is C35H35N7O5. The van der Waals surface area contributed by atoms with E-state index >= 15 is 0 Å². The lowest BCUT2D eigenvalue weighted by Gasteiger charge is -2.32. The molecule has 1 atom stereocenters. The number of benzene rings is 3. The third-order valence-electron chi connectivity index (χ3n) is 8.52. The number of para-hydroxylation sites is 1. The lowest BCUT2D eigenvalue weighted by atomic mass is 10.0. The fourth-order valence-corrected chi connectivity index (χ4v) is 6.19. The van der Waals surface area contributed by atoms with Gasteiger partial charge in [-0.3, -0.25) is 19.1 Å². The van der Waals surface area contributed by atoms with Crippen molar-refractivity contribution in [2.45, 2.75) is 51.5 Å². The van der Waals surface area contributed by atoms with Gasteiger partial charge in [0.05, 0.1) is 12.1 Å². The molecule has 12 nitrogen and oxygen atoms in total. The molecular weight excluding hydrogens is 598 g/mol. The van der Waals surface area contributed by atoms with E-state index < -0.39 is 17.5 Å². The summed E-state index contributed by atoms with van der Waals surface area (Å²) in [6, 6.07) is 20.3. The summed E-state index contributed by atoms with van der Waals surface area (Å²) in [4.78, 5) is 52.6. The van der Waals surface area contributed by atoms with Gasteiger partial charge < -0.3 is 25.0 Å². The number of ether oxygens (including phenoxy) is 2. The van der Waals surface area contributed by atoms with E-state index in [-0.39, 0.29) is 23.7 Å². The maximum absolute atomic E-state index is 13.7. The molecule has 47 heavy (non-hydrogen) atoms. The predicted octanol–water partition coefficient (Wildman–Crippen LogP) is 4.12. The van der Waals surface area contributed by atoms with Crippen LogP contribution in [0, 0.1) is 0 Å². The topological polar surface area (TPSA) is 143 Å². The van der Waals surface area contributed by atoms with Crippen LogP contribution in [0.25, 0.3) is 16.9 Å². The average molecular weight is 634 g/mol. The van der Waals surface area contributed by atoms with Crippen LogP contribution >= 0.6 is 0 Å². The van der Waals surface area contributed by atoms with E-state index in [1.54, 1.807) is 23.9 Å². The summed E-state index contributed by atoms with van der Waals surface area (Å²) in [5.41, 5.74) is 4.39. The Hall–Kier alpha value is -5.49. The van der Waals surface area contributed by atoms with Crippen molar-refractivity contribution in [3.63, 3.8) is 0 Å². The van der Waals surface area contributed by atoms with Crippen LogP contribution in [-0.2, 0) is 29.0 Å². The van der Waals surface area contributed by atoms with Crippen molar-refractivity contribution in [3.05, 3.63) is 106 Å². The Morgan fingerprint density at radius 3 is 2.74 bits per heavy atom. The smallest absolute Gasteiger partial charge is 0.351 e. The summed E-state index contributed by atoms with van der Waals surface area (Å²) in [5, 5.41) is 6.62. The summed E-state index contributed by atoms with van der Waals surface area (Å²) in [6.45, 7) is 4.74. The van der Waals surface area contributed by atoms with Crippen LogP contribution in [0.3, 0.4) is 0 Å². The lowest BCUT2D eigenvalue weighted by molar-refractivity contribution is -0.180. The fourth-order valence-electron chi connectivity index (χ4n) is 6.19. The Bertz CT molecular complexity index is 2070. The molecule has 3 N–H and O–H groups in total. The second-order valence-electron chi connectivity index (χ2n) is 12.2. The van der Waals surface area contributed by atoms with Gasteiger partial charge in [-0.1, -0.05) is 30.3 Å². The number of anilines is 2. The first-order chi connectivity index (χ1) is 22.7. The highest BCUT2D eigenvalue weighted by Gasteiger charge is 2.28. The zero-order valence-electron chi connectivity index (χ0n) is 26.4. The van der Waals surface area contributed by atoms with Crippen molar-refractivity contribution >= 4 is 34.4 Å². The number of hydrogen-bond donors (Lipinski definition) is 3. The van der Waals surface area contributed by atoms with Crippen LogP contribution in [-0.4, -0.2) is 56.8 Å². The molecule has 0 radical (unpaired) electrons. The van der Waals surface area contributed by atoms with Gasteiger partial charge >= 0.3 is 5.69 Å². The lowest BCUT2D eigenvalue weighted by Crippen LogP contribution is -2.40. The molecule has 240 valence electrons. The predicted molar refractivity (Wildman–Crippen MR) is 177 cm³/mol. The molecule has 0 bridgehead atoms. The van der Waals surface area contributed by atoms with Gasteiger partial charge in [-0.2, -0.15) is 9.97 Å². The molecule has 0 saturated heterocycles. The summed E-state index contributed by atoms with van der Waals surface area (Å²) < 4.78 is 13.3. The summed E-state index contributed by atoms with van der Waals surface area (Å²) in [5.74, 6) is -0.174. The SMILES string of the molecule is CNC(=O)C(Cc1ccc2c(c1)COC(C)(C)O2)Nc1nc(-n2ccc3ccc(C(=O)N4CCCc5ccccc54)cc32)nc(=O)[nH]1. The van der Waals surface area contributed by atoms with Gasteiger partial charge in [0.1, 0.15) is 11.8 Å². The van der Waals surface area contributed by atoms with Crippen LogP contribution in [0.1, 0.15) is 47.3 Å². The Morgan fingerprint density at radius 2 is 1.89 bits per heavy atom. The molecule has 12 heteroatoms. The Labute approximate surface area is 270 Å². The van der Waals surface area contributed by atoms with Crippen LogP contribution < -0.4 is 26.0 Å². The standard InChI is InChI=1S/C35H35N7O5/c1-35(2)46-20-25-17-21(10-13-29(25)47-35)18-26(30(43)36-3)37-32-38-33(40-34(45)39-32)42-16-14-23-11-12-24(19-28(23)42)31(44)41-15-6-8-22-7-4-5-9-27(22)41/h4-5,7,9-14,16-17,19,26H,6,8,15,18,20H2,1-3H3,(H,36,43)(H2,37,38,39,40,45). The minimum absolute atomic E-state index is 0.0824. The van der Waals surface area contributed by atoms with Gasteiger partial charge in [0.25, 0.3) is 5.91 Å². The number of likely N-dealkylation sites (N-methyl/N-ethyl adjacent to an activating group) is 1. The van der Waals surface area contributed by atoms with Gasteiger partial charge in [-0.05, 0) is 60.4 Å². The van der Waals surface area contributed by atoms with Crippen molar-refractivity contribution in [1.82, 2.24) is 24.8 Å². The monoisotopic (exact) mass is 633 g/mol. The molecule has 0 spiro atoms. The normalized spacial score (nSPS) is 15.7. The Kier molecular flexibility index (Phi) is 7.72. The zero-order valence-corrected chi connectivity index (χ0v) is 26.4. The maximum Gasteiger partial charge on any atom is 0.351 e. The Balaban J connectivity index is 1.16. The largest absolute Gasteiger partial charge is 0.463 e. The maximum atomic E-state index is 13.7. The van der Waals surface area contributed by atoms with Crippen LogP contribution in [0.2, 0.25) is 0 Å². The number of fused-ring (bicyclic) bond motifs is 3. The second-order valence-corrected chi connectivity index (χ2v) is 12.2. The van der Waals surface area contributed by atoms with E-state index in [1.165, 1.54) is 0 Å². The van der Waals surface area contributed by atoms with Crippen molar-refractivity contribution < 1.29 is 19.1 Å². The van der Waals surface area contributed by atoms with Gasteiger partial charge in [-0.15, -0.1) is 0 Å². The minimum Gasteiger partial charge on any atom is -0.463 e. The highest BCUT2D eigenvalue weighted by molar-refractivity contribution is 6.08. The molecule has 2 aliphatic heterocycles. The number of nitrogens with one attached hydrogen (secondary N) is 3. The number of H-pyrrole nitrogens is 1. The molecule has 2 amide bonds. The van der Waals surface area contributed by atoms with E-state index in [2.05, 4.69) is 31.7 Å². The van der Waals surface area contributed by atoms with E-state index in [4.69, 9.17) is 9.47 Å². The number of carbonyl (C=O) groups is 2. The number of nitrogens with zero attached hydrogens (tertiary/aromatic N) is 4. The molecule has 1 unspecified atom stereocenters. The number of amides is 2. The fraction of sp³-hybridized carbons (Fsp3) is 0.286. The number of hydrogen-bond acceptors (Lipinski definition) is 8. The van der Waals surface area contributed by atoms with E-state index in [0.717, 1.165) is 46.4 Å². The first-order valence-corrected chi connectivity index (χ1v) is 15.6. The van der Waals surface area contributed by atoms with Crippen molar-refractivity contribution in [2.75, 3.05) is 23.8 Å². The van der Waals surface area contributed by atoms with E-state index in [1.807, 2.05) is 73.3 Å². The molecule has 2 aromatic heterocycles. The molecule has 0 aliphatic carbocycles. The van der Waals surface area contributed by atoms with Gasteiger partial charge in [0.15, 0.2) is 0 Å². The quantitative estimate of drug-likeness (QED) is 0.243. The van der Waals surface area contributed by atoms with Gasteiger partial charge in [0, 0.05) is 62.3 Å². The third-order valence-corrected chi connectivity index (χ3v) is 8.52. The van der Waals surface area contributed by atoms with Crippen LogP contribution in [0.4, 0.5) is 11.6 Å². The minimum atomic E-state index is -0.767. The van der Waals surface area contributed by atoms with E-state index in [0.29, 0.717) is 30.7 Å². The number of aromatic amines is 1. The zero-order chi connectivity index (χ0) is 32.7. The summed E-state index contributed by atoms with van der Waals surface area (Å²) in [7, 11) is 1.55. The molecule has 0 fully saturated rings. The molecule has 0 saturated carbocycles. The molecule has 3 aromatic carbocycles. The Morgan fingerprint density at radius 1 is 1.04 bits per heavy atom. The molecule has 7 rings (SSSR count). The molecule has 5 aromatic rings. The number of rotatable bonds is 7. The third kappa shape index (κ3) is 6.07. The first kappa shape index (κ1) is 30.2. The number of carbonyl (C=O) groups excluding carboxylic acids is 2. The molecule has 4 heterocycles. The van der Waals surface area contributed by atoms with Crippen LogP contribution in [0.15, 0.2) is 77.7 Å². The number of aromatic nitrogens is 4. The summed E-state index contributed by atoms with van der Waals surface area (Å²) >= 11 is 0. The first-order valence-electron chi connectivity index (χ1n) is 15.6. The second kappa shape index (κ2) is 12.0. The molecule has 2 aliphatic rings. The van der Waals surface area contributed by atoms with Crippen LogP contribution in [0.5, 0.6) is 5.75 Å². The van der Waals surface area contributed by atoms with Crippen molar-refractivity contribution in [2.24, 2.45) is 0 Å². The van der Waals surface area contributed by atoms with Crippen molar-refractivity contribution in [1.29, 1.82) is 0 Å². The van der Waals surface area contributed by atoms with Crippen molar-refractivity contribution in [3.8, 4) is 11.7 Å². The number of aryl methyl sites for hydroxylation is 1. The summed E-state index contributed by atoms with van der Waals surface area (Å²) in [6.07, 6.45) is 3.88. The van der Waals surface area contributed by atoms with Gasteiger partial charge in [0.2, 0.25) is 23.6 Å². The highest BCUT2D eigenvalue weighted by atomic mass is 16.7. The highest BCUT2D eigenvalue weighted by Crippen LogP contribution is 2.32. The average Bonchev–Trinajstić information content (AvgIpc) is 3.50.